The molecule has 1 rings (SSSR count). The second-order valence-corrected chi connectivity index (χ2v) is 3.45. The number of hydrogen-bond donors (Lipinski definition) is 0. The first-order valence-electron chi connectivity index (χ1n) is 4.62. The molecule has 0 bridgehead atoms. The van der Waals surface area contributed by atoms with Crippen molar-refractivity contribution >= 4 is 5.97 Å². The van der Waals surface area contributed by atoms with Gasteiger partial charge in [0.15, 0.2) is 0 Å². The van der Waals surface area contributed by atoms with Crippen LogP contribution in [0.2, 0.25) is 0 Å². The molecule has 0 unspecified atom stereocenters. The van der Waals surface area contributed by atoms with E-state index >= 15 is 0 Å². The summed E-state index contributed by atoms with van der Waals surface area (Å²) in [6, 6.07) is 3.10. The van der Waals surface area contributed by atoms with Gasteiger partial charge < -0.3 is 4.74 Å². The third kappa shape index (κ3) is 4.38. The van der Waals surface area contributed by atoms with E-state index in [1.165, 1.54) is 6.07 Å². The molecule has 0 amide bonds. The quantitative estimate of drug-likeness (QED) is 0.746. The van der Waals surface area contributed by atoms with Crippen molar-refractivity contribution in [3.8, 4) is 0 Å². The minimum Gasteiger partial charge on any atom is -0.463 e. The first-order chi connectivity index (χ1) is 6.99. The minimum absolute atomic E-state index is 0. The van der Waals surface area contributed by atoms with Crippen LogP contribution in [-0.2, 0) is 16.0 Å². The molecule has 0 radical (unpaired) electrons. The van der Waals surface area contributed by atoms with Gasteiger partial charge in [-0.25, -0.2) is 8.78 Å². The summed E-state index contributed by atoms with van der Waals surface area (Å²) in [6.07, 6.45) is -0.411. The van der Waals surface area contributed by atoms with Gasteiger partial charge in [0.05, 0.1) is 12.5 Å². The van der Waals surface area contributed by atoms with E-state index in [2.05, 4.69) is 0 Å². The highest BCUT2D eigenvalue weighted by Gasteiger charge is 2.11. The average molecular weight is 230 g/mol. The van der Waals surface area contributed by atoms with Crippen molar-refractivity contribution < 1.29 is 18.3 Å². The highest BCUT2D eigenvalue weighted by atomic mass is 19.1. The summed E-state index contributed by atoms with van der Waals surface area (Å²) in [5.41, 5.74) is 0.141. The summed E-state index contributed by atoms with van der Waals surface area (Å²) < 4.78 is 30.5. The molecule has 0 N–H and O–H groups in total. The predicted molar refractivity (Wildman–Crippen MR) is 58.0 cm³/mol. The maximum absolute atomic E-state index is 13.1. The van der Waals surface area contributed by atoms with E-state index in [1.54, 1.807) is 13.8 Å². The van der Waals surface area contributed by atoms with Gasteiger partial charge in [0.2, 0.25) is 0 Å². The normalized spacial score (nSPS) is 9.81. The Morgan fingerprint density at radius 3 is 2.50 bits per heavy atom. The van der Waals surface area contributed by atoms with Gasteiger partial charge >= 0.3 is 5.97 Å². The minimum atomic E-state index is -0.726. The molecule has 0 spiro atoms. The zero-order valence-corrected chi connectivity index (χ0v) is 8.59. The molecule has 0 aliphatic rings. The lowest BCUT2D eigenvalue weighted by Gasteiger charge is -2.08. The molecule has 4 heteroatoms. The van der Waals surface area contributed by atoms with E-state index in [0.29, 0.717) is 0 Å². The molecule has 0 saturated carbocycles. The first kappa shape index (κ1) is 14.6. The lowest BCUT2D eigenvalue weighted by molar-refractivity contribution is -0.146. The van der Waals surface area contributed by atoms with Crippen LogP contribution in [0.3, 0.4) is 0 Å². The third-order valence-electron chi connectivity index (χ3n) is 1.72. The van der Waals surface area contributed by atoms with Crippen molar-refractivity contribution in [1.82, 2.24) is 0 Å². The number of carbonyl (C=O) groups excluding carboxylic acids is 1. The molecule has 90 valence electrons. The smallest absolute Gasteiger partial charge is 0.310 e. The second kappa shape index (κ2) is 6.20. The Balaban J connectivity index is 0.00000225. The SMILES string of the molecule is C.CC(C)OC(=O)Cc1ccc(F)cc1F. The number of rotatable bonds is 3. The highest BCUT2D eigenvalue weighted by molar-refractivity contribution is 5.72. The van der Waals surface area contributed by atoms with Crippen molar-refractivity contribution in [3.05, 3.63) is 35.4 Å². The first-order valence-corrected chi connectivity index (χ1v) is 4.62. The van der Waals surface area contributed by atoms with Crippen LogP contribution in [-0.4, -0.2) is 12.1 Å². The van der Waals surface area contributed by atoms with Crippen LogP contribution >= 0.6 is 0 Å². The van der Waals surface area contributed by atoms with Gasteiger partial charge in [0.1, 0.15) is 11.6 Å². The van der Waals surface area contributed by atoms with Gasteiger partial charge in [-0.1, -0.05) is 13.5 Å². The van der Waals surface area contributed by atoms with E-state index in [9.17, 15) is 13.6 Å². The Bertz CT molecular complexity index is 362. The molecule has 2 nitrogen and oxygen atoms in total. The maximum Gasteiger partial charge on any atom is 0.310 e. The zero-order chi connectivity index (χ0) is 11.4. The summed E-state index contributed by atoms with van der Waals surface area (Å²) in [7, 11) is 0. The molecular formula is C12H16F2O2. The van der Waals surface area contributed by atoms with Crippen LogP contribution in [0.4, 0.5) is 8.78 Å². The lowest BCUT2D eigenvalue weighted by atomic mass is 10.1. The van der Waals surface area contributed by atoms with Crippen molar-refractivity contribution in [2.75, 3.05) is 0 Å². The van der Waals surface area contributed by atoms with Crippen LogP contribution < -0.4 is 0 Å². The molecule has 0 aliphatic carbocycles. The monoisotopic (exact) mass is 230 g/mol. The van der Waals surface area contributed by atoms with E-state index in [-0.39, 0.29) is 25.5 Å². The Labute approximate surface area is 94.2 Å². The fourth-order valence-electron chi connectivity index (χ4n) is 1.13. The molecule has 0 heterocycles. The van der Waals surface area contributed by atoms with Crippen LogP contribution in [0.15, 0.2) is 18.2 Å². The molecular weight excluding hydrogens is 214 g/mol. The van der Waals surface area contributed by atoms with E-state index < -0.39 is 17.6 Å². The molecule has 16 heavy (non-hydrogen) atoms. The number of esters is 1. The van der Waals surface area contributed by atoms with Gasteiger partial charge in [0, 0.05) is 6.07 Å². The summed E-state index contributed by atoms with van der Waals surface area (Å²) in [5.74, 6) is -1.90. The largest absolute Gasteiger partial charge is 0.463 e. The molecule has 0 fully saturated rings. The van der Waals surface area contributed by atoms with Gasteiger partial charge in [-0.2, -0.15) is 0 Å². The Kier molecular flexibility index (Phi) is 5.64. The highest BCUT2D eigenvalue weighted by Crippen LogP contribution is 2.11. The van der Waals surface area contributed by atoms with Gasteiger partial charge in [0.25, 0.3) is 0 Å². The average Bonchev–Trinajstić information content (AvgIpc) is 2.08. The zero-order valence-electron chi connectivity index (χ0n) is 8.59. The fraction of sp³-hybridized carbons (Fsp3) is 0.417. The van der Waals surface area contributed by atoms with E-state index in [4.69, 9.17) is 4.74 Å². The van der Waals surface area contributed by atoms with Gasteiger partial charge in [-0.15, -0.1) is 0 Å². The topological polar surface area (TPSA) is 26.3 Å². The summed E-state index contributed by atoms with van der Waals surface area (Å²) >= 11 is 0. The molecule has 0 saturated heterocycles. The van der Waals surface area contributed by atoms with E-state index in [0.717, 1.165) is 12.1 Å². The molecule has 1 aromatic rings. The Morgan fingerprint density at radius 2 is 2.00 bits per heavy atom. The molecule has 0 aliphatic heterocycles. The van der Waals surface area contributed by atoms with Crippen molar-refractivity contribution in [1.29, 1.82) is 0 Å². The molecule has 0 aromatic heterocycles. The summed E-state index contributed by atoms with van der Waals surface area (Å²) in [4.78, 5) is 11.2. The fourth-order valence-corrected chi connectivity index (χ4v) is 1.13. The summed E-state index contributed by atoms with van der Waals surface area (Å²) in [5, 5.41) is 0. The van der Waals surface area contributed by atoms with Crippen LogP contribution in [0.5, 0.6) is 0 Å². The standard InChI is InChI=1S/C11H12F2O2.CH4/c1-7(2)15-11(14)5-8-3-4-9(12)6-10(8)13;/h3-4,6-7H,5H2,1-2H3;1H4. The van der Waals surface area contributed by atoms with Crippen LogP contribution in [0.25, 0.3) is 0 Å². The van der Waals surface area contributed by atoms with Crippen molar-refractivity contribution in [2.24, 2.45) is 0 Å². The van der Waals surface area contributed by atoms with Crippen molar-refractivity contribution in [2.45, 2.75) is 33.8 Å². The number of carbonyl (C=O) groups is 1. The van der Waals surface area contributed by atoms with Crippen LogP contribution in [0.1, 0.15) is 26.8 Å². The number of halogens is 2. The number of benzene rings is 1. The molecule has 0 atom stereocenters. The van der Waals surface area contributed by atoms with Crippen molar-refractivity contribution in [3.63, 3.8) is 0 Å². The Hall–Kier alpha value is -1.45. The summed E-state index contributed by atoms with van der Waals surface area (Å²) in [6.45, 7) is 3.41. The molecule has 1 aromatic carbocycles. The second-order valence-electron chi connectivity index (χ2n) is 3.45. The Morgan fingerprint density at radius 1 is 1.38 bits per heavy atom. The predicted octanol–water partition coefficient (Wildman–Crippen LogP) is 3.10. The number of hydrogen-bond acceptors (Lipinski definition) is 2. The van der Waals surface area contributed by atoms with E-state index in [1.807, 2.05) is 0 Å². The van der Waals surface area contributed by atoms with Crippen LogP contribution in [0, 0.1) is 11.6 Å². The lowest BCUT2D eigenvalue weighted by Crippen LogP contribution is -2.14. The van der Waals surface area contributed by atoms with Gasteiger partial charge in [-0.05, 0) is 25.5 Å². The van der Waals surface area contributed by atoms with Gasteiger partial charge in [-0.3, -0.25) is 4.79 Å². The number of ether oxygens (including phenoxy) is 1. The third-order valence-corrected chi connectivity index (χ3v) is 1.72. The maximum atomic E-state index is 13.1.